The van der Waals surface area contributed by atoms with Crippen LogP contribution < -0.4 is 0 Å². The molecule has 3 aromatic rings. The maximum absolute atomic E-state index is 13.6. The quantitative estimate of drug-likeness (QED) is 0.562. The predicted molar refractivity (Wildman–Crippen MR) is 125 cm³/mol. The molecule has 33 heavy (non-hydrogen) atoms. The fraction of sp³-hybridized carbons (Fsp3) is 0.500. The van der Waals surface area contributed by atoms with Gasteiger partial charge in [0.05, 0.1) is 11.5 Å². The van der Waals surface area contributed by atoms with Crippen molar-refractivity contribution < 1.29 is 14.1 Å². The highest BCUT2D eigenvalue weighted by Gasteiger charge is 2.32. The summed E-state index contributed by atoms with van der Waals surface area (Å²) in [5.41, 5.74) is 4.02. The molecule has 2 saturated heterocycles. The van der Waals surface area contributed by atoms with Gasteiger partial charge in [-0.15, -0.1) is 0 Å². The van der Waals surface area contributed by atoms with Crippen LogP contribution in [0.5, 0.6) is 0 Å². The first-order valence-electron chi connectivity index (χ1n) is 12.1. The molecule has 2 aromatic heterocycles. The van der Waals surface area contributed by atoms with Crippen molar-refractivity contribution in [1.82, 2.24) is 19.6 Å². The second-order valence-electron chi connectivity index (χ2n) is 9.11. The highest BCUT2D eigenvalue weighted by molar-refractivity contribution is 5.97. The molecule has 1 atom stereocenters. The molecule has 7 heteroatoms. The molecule has 1 unspecified atom stereocenters. The number of aromatic nitrogens is 3. The largest absolute Gasteiger partial charge is 0.381 e. The lowest BCUT2D eigenvalue weighted by Gasteiger charge is -2.31. The van der Waals surface area contributed by atoms with Crippen LogP contribution in [-0.2, 0) is 11.3 Å². The minimum Gasteiger partial charge on any atom is -0.381 e. The third kappa shape index (κ3) is 4.34. The van der Waals surface area contributed by atoms with E-state index in [9.17, 15) is 4.79 Å². The number of ether oxygens (including phenoxy) is 1. The molecule has 5 rings (SSSR count). The van der Waals surface area contributed by atoms with E-state index in [4.69, 9.17) is 14.2 Å². The van der Waals surface area contributed by atoms with Crippen LogP contribution in [0.4, 0.5) is 0 Å². The van der Waals surface area contributed by atoms with Crippen molar-refractivity contribution in [2.75, 3.05) is 26.3 Å². The summed E-state index contributed by atoms with van der Waals surface area (Å²) in [5.74, 6) is 1.95. The number of hydrogen-bond donors (Lipinski definition) is 0. The molecule has 0 saturated carbocycles. The summed E-state index contributed by atoms with van der Waals surface area (Å²) in [5, 5.41) is 4.27. The van der Waals surface area contributed by atoms with Crippen molar-refractivity contribution in [2.45, 2.75) is 57.9 Å². The maximum Gasteiger partial charge on any atom is 0.255 e. The molecule has 1 amide bonds. The minimum absolute atomic E-state index is 0.0887. The smallest absolute Gasteiger partial charge is 0.255 e. The van der Waals surface area contributed by atoms with Crippen LogP contribution in [0, 0.1) is 6.92 Å². The molecule has 7 nitrogen and oxygen atoms in total. The Morgan fingerprint density at radius 2 is 1.91 bits per heavy atom. The molecular formula is C26H32N4O3. The Kier molecular flexibility index (Phi) is 6.31. The lowest BCUT2D eigenvalue weighted by molar-refractivity contribution is 0.0695. The molecule has 4 heterocycles. The summed E-state index contributed by atoms with van der Waals surface area (Å²) < 4.78 is 13.3. The van der Waals surface area contributed by atoms with Crippen molar-refractivity contribution in [2.24, 2.45) is 0 Å². The average molecular weight is 449 g/mol. The summed E-state index contributed by atoms with van der Waals surface area (Å²) in [4.78, 5) is 20.3. The Morgan fingerprint density at radius 3 is 2.67 bits per heavy atom. The van der Waals surface area contributed by atoms with Crippen molar-refractivity contribution >= 4 is 5.91 Å². The molecule has 0 radical (unpaired) electrons. The average Bonchev–Trinajstić information content (AvgIpc) is 3.50. The first-order valence-corrected chi connectivity index (χ1v) is 12.1. The van der Waals surface area contributed by atoms with Gasteiger partial charge in [-0.1, -0.05) is 35.5 Å². The molecule has 174 valence electrons. The highest BCUT2D eigenvalue weighted by atomic mass is 16.5. The number of rotatable bonds is 5. The lowest BCUT2D eigenvalue weighted by Crippen LogP contribution is -2.39. The topological polar surface area (TPSA) is 73.4 Å². The third-order valence-electron chi connectivity index (χ3n) is 7.08. The summed E-state index contributed by atoms with van der Waals surface area (Å²) >= 11 is 0. The highest BCUT2D eigenvalue weighted by Crippen LogP contribution is 2.32. The van der Waals surface area contributed by atoms with Crippen LogP contribution in [0.25, 0.3) is 11.3 Å². The normalized spacial score (nSPS) is 19.7. The van der Waals surface area contributed by atoms with Gasteiger partial charge in [0, 0.05) is 50.2 Å². The van der Waals surface area contributed by atoms with Gasteiger partial charge in [-0.25, -0.2) is 0 Å². The van der Waals surface area contributed by atoms with Crippen LogP contribution in [0.1, 0.15) is 72.2 Å². The second kappa shape index (κ2) is 9.51. The maximum atomic E-state index is 13.6. The molecule has 2 aliphatic heterocycles. The Hall–Kier alpha value is -2.93. The summed E-state index contributed by atoms with van der Waals surface area (Å²) in [6, 6.07) is 12.3. The Balaban J connectivity index is 1.34. The monoisotopic (exact) mass is 448 g/mol. The molecule has 0 bridgehead atoms. The van der Waals surface area contributed by atoms with Crippen molar-refractivity contribution in [3.63, 3.8) is 0 Å². The van der Waals surface area contributed by atoms with Gasteiger partial charge in [-0.3, -0.25) is 4.79 Å². The Bertz CT molecular complexity index is 1100. The Morgan fingerprint density at radius 1 is 1.12 bits per heavy atom. The molecule has 0 aliphatic carbocycles. The van der Waals surface area contributed by atoms with Gasteiger partial charge in [-0.05, 0) is 51.2 Å². The summed E-state index contributed by atoms with van der Waals surface area (Å²) in [7, 11) is 0. The van der Waals surface area contributed by atoms with Crippen molar-refractivity contribution in [3.05, 3.63) is 59.4 Å². The van der Waals surface area contributed by atoms with Gasteiger partial charge in [0.1, 0.15) is 0 Å². The van der Waals surface area contributed by atoms with Gasteiger partial charge in [0.15, 0.2) is 5.82 Å². The van der Waals surface area contributed by atoms with Crippen LogP contribution >= 0.6 is 0 Å². The Labute approximate surface area is 194 Å². The number of amides is 1. The van der Waals surface area contributed by atoms with Gasteiger partial charge >= 0.3 is 0 Å². The molecule has 0 spiro atoms. The molecule has 0 N–H and O–H groups in total. The van der Waals surface area contributed by atoms with E-state index in [1.807, 2.05) is 30.0 Å². The third-order valence-corrected chi connectivity index (χ3v) is 7.08. The van der Waals surface area contributed by atoms with Crippen LogP contribution in [0.2, 0.25) is 0 Å². The van der Waals surface area contributed by atoms with E-state index in [0.29, 0.717) is 18.4 Å². The predicted octanol–water partition coefficient (Wildman–Crippen LogP) is 4.78. The van der Waals surface area contributed by atoms with Gasteiger partial charge < -0.3 is 18.7 Å². The molecule has 1 aromatic carbocycles. The zero-order valence-electron chi connectivity index (χ0n) is 19.5. The van der Waals surface area contributed by atoms with Crippen LogP contribution in [0.15, 0.2) is 40.9 Å². The fourth-order valence-corrected chi connectivity index (χ4v) is 5.19. The number of benzene rings is 1. The van der Waals surface area contributed by atoms with Crippen molar-refractivity contribution in [1.29, 1.82) is 0 Å². The zero-order valence-corrected chi connectivity index (χ0v) is 19.5. The second-order valence-corrected chi connectivity index (χ2v) is 9.11. The van der Waals surface area contributed by atoms with Gasteiger partial charge in [-0.2, -0.15) is 4.98 Å². The number of carbonyl (C=O) groups excluding carboxylic acids is 1. The van der Waals surface area contributed by atoms with E-state index in [0.717, 1.165) is 80.3 Å². The van der Waals surface area contributed by atoms with E-state index in [1.54, 1.807) is 0 Å². The van der Waals surface area contributed by atoms with Gasteiger partial charge in [0.2, 0.25) is 5.89 Å². The summed E-state index contributed by atoms with van der Waals surface area (Å²) in [6.45, 7) is 7.87. The number of piperidine rings is 1. The van der Waals surface area contributed by atoms with Crippen molar-refractivity contribution in [3.8, 4) is 11.3 Å². The van der Waals surface area contributed by atoms with E-state index in [2.05, 4.69) is 34.8 Å². The van der Waals surface area contributed by atoms with E-state index < -0.39 is 0 Å². The van der Waals surface area contributed by atoms with Crippen LogP contribution in [-0.4, -0.2) is 51.8 Å². The SMILES string of the molecule is CCn1c(-c2ccccc2)cc(C(=O)N2CCCC(c3nc(C4CCOCC4)no3)C2)c1C. The van der Waals surface area contributed by atoms with E-state index in [-0.39, 0.29) is 11.8 Å². The first kappa shape index (κ1) is 21.9. The minimum atomic E-state index is 0.0887. The first-order chi connectivity index (χ1) is 16.2. The number of nitrogens with zero attached hydrogens (tertiary/aromatic N) is 4. The molecular weight excluding hydrogens is 416 g/mol. The van der Waals surface area contributed by atoms with E-state index in [1.165, 1.54) is 0 Å². The number of hydrogen-bond acceptors (Lipinski definition) is 5. The molecule has 2 fully saturated rings. The van der Waals surface area contributed by atoms with Gasteiger partial charge in [0.25, 0.3) is 5.91 Å². The standard InChI is InChI=1S/C26H32N4O3/c1-3-30-18(2)22(16-23(30)19-8-5-4-6-9-19)26(31)29-13-7-10-21(17-29)25-27-24(28-33-25)20-11-14-32-15-12-20/h4-6,8-9,16,20-21H,3,7,10-15,17H2,1-2H3. The summed E-state index contributed by atoms with van der Waals surface area (Å²) in [6.07, 6.45) is 3.77. The number of likely N-dealkylation sites (tertiary alicyclic amines) is 1. The lowest BCUT2D eigenvalue weighted by atomic mass is 9.96. The van der Waals surface area contributed by atoms with E-state index >= 15 is 0 Å². The zero-order chi connectivity index (χ0) is 22.8. The number of carbonyl (C=O) groups is 1. The van der Waals surface area contributed by atoms with Crippen LogP contribution in [0.3, 0.4) is 0 Å². The molecule has 2 aliphatic rings. The fourth-order valence-electron chi connectivity index (χ4n) is 5.19.